The molecule has 0 bridgehead atoms. The van der Waals surface area contributed by atoms with Gasteiger partial charge in [-0.05, 0) is 114 Å². The van der Waals surface area contributed by atoms with Crippen molar-refractivity contribution in [2.24, 2.45) is 0 Å². The second-order valence-electron chi connectivity index (χ2n) is 11.3. The molecule has 1 unspecified atom stereocenters. The summed E-state index contributed by atoms with van der Waals surface area (Å²) in [4.78, 5) is 12.3. The summed E-state index contributed by atoms with van der Waals surface area (Å²) in [5, 5.41) is 23.3. The van der Waals surface area contributed by atoms with Crippen molar-refractivity contribution >= 4 is 6.29 Å². The van der Waals surface area contributed by atoms with Crippen LogP contribution in [0.1, 0.15) is 120 Å². The molecule has 0 aromatic carbocycles. The van der Waals surface area contributed by atoms with Gasteiger partial charge in [-0.2, -0.15) is 0 Å². The van der Waals surface area contributed by atoms with E-state index in [0.29, 0.717) is 6.29 Å². The van der Waals surface area contributed by atoms with E-state index in [1.165, 1.54) is 16.7 Å². The molecule has 36 heavy (non-hydrogen) atoms. The van der Waals surface area contributed by atoms with Crippen molar-refractivity contribution in [3.63, 3.8) is 0 Å². The van der Waals surface area contributed by atoms with E-state index in [1.807, 2.05) is 39.0 Å². The van der Waals surface area contributed by atoms with Gasteiger partial charge in [0.25, 0.3) is 0 Å². The minimum absolute atomic E-state index is 0.100. The van der Waals surface area contributed by atoms with Crippen molar-refractivity contribution in [3.8, 4) is 0 Å². The molecule has 0 aliphatic heterocycles. The van der Waals surface area contributed by atoms with Gasteiger partial charge >= 0.3 is 0 Å². The van der Waals surface area contributed by atoms with Crippen LogP contribution in [0, 0.1) is 0 Å². The number of carbonyl (C=O) groups is 1. The Kier molecular flexibility index (Phi) is 16.5. The Morgan fingerprint density at radius 1 is 0.528 bits per heavy atom. The molecule has 0 rings (SSSR count). The Bertz CT molecular complexity index is 811. The Hall–Kier alpha value is -1.97. The van der Waals surface area contributed by atoms with Gasteiger partial charge in [0.05, 0.1) is 0 Å². The summed E-state index contributed by atoms with van der Waals surface area (Å²) in [6.07, 6.45) is 19.0. The van der Waals surface area contributed by atoms with Gasteiger partial charge < -0.3 is 15.0 Å². The third-order valence-corrected chi connectivity index (χ3v) is 6.61. The quantitative estimate of drug-likeness (QED) is 0.155. The lowest BCUT2D eigenvalue weighted by Gasteiger charge is -2.39. The van der Waals surface area contributed by atoms with E-state index in [1.54, 1.807) is 0 Å². The molecule has 0 heterocycles. The second-order valence-corrected chi connectivity index (χ2v) is 11.3. The normalized spacial score (nSPS) is 14.7. The fourth-order valence-electron chi connectivity index (χ4n) is 3.87. The SMILES string of the molecule is CC(C)=CCC/C(C)=C/CC(O)(C=O)C(O)(C/C=C(\C)CCC=C(C)C)C/C=C(\C)CCC=C(C)C. The molecule has 0 saturated carbocycles. The van der Waals surface area contributed by atoms with E-state index in [0.717, 1.165) is 55.2 Å². The zero-order valence-corrected chi connectivity index (χ0v) is 24.7. The Labute approximate surface area is 222 Å². The fourth-order valence-corrected chi connectivity index (χ4v) is 3.87. The third-order valence-electron chi connectivity index (χ3n) is 6.61. The van der Waals surface area contributed by atoms with Crippen LogP contribution in [0.3, 0.4) is 0 Å². The van der Waals surface area contributed by atoms with E-state index < -0.39 is 11.2 Å². The van der Waals surface area contributed by atoms with Crippen molar-refractivity contribution in [2.75, 3.05) is 0 Å². The zero-order valence-electron chi connectivity index (χ0n) is 24.7. The number of hydrogen-bond acceptors (Lipinski definition) is 3. The minimum atomic E-state index is -1.86. The smallest absolute Gasteiger partial charge is 0.154 e. The molecule has 3 heteroatoms. The number of allylic oxidation sites excluding steroid dienone is 9. The highest BCUT2D eigenvalue weighted by molar-refractivity contribution is 5.65. The molecule has 0 amide bonds. The Morgan fingerprint density at radius 2 is 0.833 bits per heavy atom. The van der Waals surface area contributed by atoms with E-state index in [2.05, 4.69) is 59.8 Å². The van der Waals surface area contributed by atoms with E-state index in [4.69, 9.17) is 0 Å². The molecule has 3 nitrogen and oxygen atoms in total. The van der Waals surface area contributed by atoms with Crippen molar-refractivity contribution < 1.29 is 15.0 Å². The van der Waals surface area contributed by atoms with Crippen molar-refractivity contribution in [2.45, 2.75) is 131 Å². The first-order chi connectivity index (χ1) is 16.7. The van der Waals surface area contributed by atoms with Gasteiger partial charge in [0, 0.05) is 6.42 Å². The summed E-state index contributed by atoms with van der Waals surface area (Å²) >= 11 is 0. The molecule has 0 radical (unpaired) electrons. The van der Waals surface area contributed by atoms with Gasteiger partial charge in [-0.25, -0.2) is 0 Å². The van der Waals surface area contributed by atoms with Gasteiger partial charge in [-0.3, -0.25) is 0 Å². The van der Waals surface area contributed by atoms with Crippen LogP contribution in [0.4, 0.5) is 0 Å². The Balaban J connectivity index is 5.84. The van der Waals surface area contributed by atoms with Crippen LogP contribution in [0.15, 0.2) is 69.9 Å². The molecule has 0 fully saturated rings. The van der Waals surface area contributed by atoms with Crippen LogP contribution in [-0.2, 0) is 4.79 Å². The molecule has 0 aliphatic rings. The van der Waals surface area contributed by atoms with Crippen molar-refractivity contribution in [1.29, 1.82) is 0 Å². The lowest BCUT2D eigenvalue weighted by Crippen LogP contribution is -2.55. The van der Waals surface area contributed by atoms with E-state index in [-0.39, 0.29) is 19.3 Å². The van der Waals surface area contributed by atoms with Gasteiger partial charge in [0.1, 0.15) is 5.60 Å². The summed E-state index contributed by atoms with van der Waals surface area (Å²) < 4.78 is 0. The van der Waals surface area contributed by atoms with Gasteiger partial charge in [0.15, 0.2) is 11.9 Å². The Morgan fingerprint density at radius 3 is 1.11 bits per heavy atom. The zero-order chi connectivity index (χ0) is 27.8. The average molecular weight is 499 g/mol. The monoisotopic (exact) mass is 498 g/mol. The summed E-state index contributed by atoms with van der Waals surface area (Å²) in [7, 11) is 0. The van der Waals surface area contributed by atoms with Crippen LogP contribution in [0.2, 0.25) is 0 Å². The first-order valence-corrected chi connectivity index (χ1v) is 13.5. The first kappa shape index (κ1) is 34.0. The lowest BCUT2D eigenvalue weighted by atomic mass is 9.75. The third kappa shape index (κ3) is 14.6. The molecule has 1 atom stereocenters. The lowest BCUT2D eigenvalue weighted by molar-refractivity contribution is -0.160. The molecular formula is C33H54O3. The molecular weight excluding hydrogens is 444 g/mol. The number of hydrogen-bond donors (Lipinski definition) is 2. The van der Waals surface area contributed by atoms with Crippen LogP contribution < -0.4 is 0 Å². The summed E-state index contributed by atoms with van der Waals surface area (Å²) in [5.74, 6) is 0. The second kappa shape index (κ2) is 17.5. The highest BCUT2D eigenvalue weighted by Crippen LogP contribution is 2.34. The van der Waals surface area contributed by atoms with Crippen LogP contribution in [-0.4, -0.2) is 27.7 Å². The van der Waals surface area contributed by atoms with E-state index in [9.17, 15) is 15.0 Å². The summed E-state index contributed by atoms with van der Waals surface area (Å²) in [6, 6.07) is 0. The number of carbonyl (C=O) groups excluding carboxylic acids is 1. The molecule has 0 saturated heterocycles. The average Bonchev–Trinajstić information content (AvgIpc) is 2.79. The predicted octanol–water partition coefficient (Wildman–Crippen LogP) is 8.90. The predicted molar refractivity (Wildman–Crippen MR) is 157 cm³/mol. The fraction of sp³-hybridized carbons (Fsp3) is 0.606. The maximum atomic E-state index is 12.3. The highest BCUT2D eigenvalue weighted by atomic mass is 16.4. The highest BCUT2D eigenvalue weighted by Gasteiger charge is 2.47. The summed E-state index contributed by atoms with van der Waals surface area (Å²) in [6.45, 7) is 18.6. The molecule has 2 N–H and O–H groups in total. The van der Waals surface area contributed by atoms with Crippen LogP contribution in [0.5, 0.6) is 0 Å². The summed E-state index contributed by atoms with van der Waals surface area (Å²) in [5.41, 5.74) is 3.81. The standard InChI is InChI=1S/C33H54O3/c1-26(2)13-10-16-29(7)19-22-32(35,23-20-30(8)17-11-14-27(3)4)33(36,25-34)24-21-31(9)18-12-15-28(5)6/h13-15,19-21,25,35-36H,10-12,16-18,22-24H2,1-9H3/b29-19+,30-20+,31-21+. The van der Waals surface area contributed by atoms with Gasteiger partial charge in [-0.15, -0.1) is 0 Å². The molecule has 204 valence electrons. The number of aliphatic hydroxyl groups is 2. The maximum absolute atomic E-state index is 12.3. The molecule has 0 aromatic rings. The van der Waals surface area contributed by atoms with Crippen molar-refractivity contribution in [3.05, 3.63) is 69.9 Å². The molecule has 0 aromatic heterocycles. The van der Waals surface area contributed by atoms with Crippen molar-refractivity contribution in [1.82, 2.24) is 0 Å². The largest absolute Gasteiger partial charge is 0.386 e. The molecule has 0 spiro atoms. The molecule has 0 aliphatic carbocycles. The van der Waals surface area contributed by atoms with Gasteiger partial charge in [0.2, 0.25) is 0 Å². The number of rotatable bonds is 17. The van der Waals surface area contributed by atoms with E-state index >= 15 is 0 Å². The van der Waals surface area contributed by atoms with Crippen LogP contribution >= 0.6 is 0 Å². The topological polar surface area (TPSA) is 57.5 Å². The number of aldehydes is 1. The first-order valence-electron chi connectivity index (χ1n) is 13.5. The minimum Gasteiger partial charge on any atom is -0.386 e. The maximum Gasteiger partial charge on any atom is 0.154 e. The van der Waals surface area contributed by atoms with Crippen LogP contribution in [0.25, 0.3) is 0 Å². The van der Waals surface area contributed by atoms with Gasteiger partial charge in [-0.1, -0.05) is 69.9 Å².